The van der Waals surface area contributed by atoms with E-state index < -0.39 is 10.7 Å². The van der Waals surface area contributed by atoms with Crippen LogP contribution in [0.5, 0.6) is 11.6 Å². The summed E-state index contributed by atoms with van der Waals surface area (Å²) < 4.78 is 19.0. The second-order valence-electron chi connectivity index (χ2n) is 4.07. The molecule has 0 saturated heterocycles. The van der Waals surface area contributed by atoms with E-state index >= 15 is 0 Å². The van der Waals surface area contributed by atoms with Gasteiger partial charge in [-0.15, -0.1) is 0 Å². The van der Waals surface area contributed by atoms with E-state index in [1.807, 2.05) is 0 Å². The lowest BCUT2D eigenvalue weighted by atomic mass is 10.2. The number of nitrogen functional groups attached to an aromatic ring is 1. The summed E-state index contributed by atoms with van der Waals surface area (Å²) in [6.07, 6.45) is 0. The molecule has 1 aromatic carbocycles. The molecule has 0 radical (unpaired) electrons. The van der Waals surface area contributed by atoms with Gasteiger partial charge in [0.2, 0.25) is 5.88 Å². The van der Waals surface area contributed by atoms with Gasteiger partial charge in [0.15, 0.2) is 11.6 Å². The van der Waals surface area contributed by atoms with E-state index in [9.17, 15) is 14.5 Å². The predicted octanol–water partition coefficient (Wildman–Crippen LogP) is 4.12. The largest absolute Gasteiger partial charge is 0.434 e. The molecule has 0 aliphatic heterocycles. The fraction of sp³-hybridized carbons (Fsp3) is 0.0833. The van der Waals surface area contributed by atoms with E-state index in [2.05, 4.69) is 4.98 Å². The van der Waals surface area contributed by atoms with Gasteiger partial charge >= 0.3 is 0 Å². The summed E-state index contributed by atoms with van der Waals surface area (Å²) in [7, 11) is 0. The Morgan fingerprint density at radius 1 is 1.33 bits per heavy atom. The van der Waals surface area contributed by atoms with Gasteiger partial charge in [0, 0.05) is 5.56 Å². The summed E-state index contributed by atoms with van der Waals surface area (Å²) in [6.45, 7) is 1.45. The van der Waals surface area contributed by atoms with E-state index in [1.165, 1.54) is 19.1 Å². The number of nitro benzene ring substituents is 1. The molecule has 0 amide bonds. The standard InChI is InChI=1S/C12H8Cl2FN3O3/c1-5-2-10(8(15)4-9(5)18(19)20)21-12-7(14)3-6(13)11(16)17-12/h2-4H,1H3,(H2,16,17). The number of aromatic nitrogens is 1. The van der Waals surface area contributed by atoms with Crippen molar-refractivity contribution >= 4 is 34.7 Å². The minimum absolute atomic E-state index is 0.0320. The third-order valence-corrected chi connectivity index (χ3v) is 3.15. The Bertz CT molecular complexity index is 740. The predicted molar refractivity (Wildman–Crippen MR) is 76.5 cm³/mol. The van der Waals surface area contributed by atoms with Gasteiger partial charge in [-0.3, -0.25) is 10.1 Å². The Morgan fingerprint density at radius 2 is 2.00 bits per heavy atom. The zero-order valence-electron chi connectivity index (χ0n) is 10.6. The SMILES string of the molecule is Cc1cc(Oc2nc(N)c(Cl)cc2Cl)c(F)cc1[N+](=O)[O-]. The highest BCUT2D eigenvalue weighted by atomic mass is 35.5. The number of hydrogen-bond donors (Lipinski definition) is 1. The van der Waals surface area contributed by atoms with Crippen LogP contribution in [0.3, 0.4) is 0 Å². The van der Waals surface area contributed by atoms with Gasteiger partial charge in [-0.2, -0.15) is 4.98 Å². The first-order valence-corrected chi connectivity index (χ1v) is 6.29. The third kappa shape index (κ3) is 3.14. The summed E-state index contributed by atoms with van der Waals surface area (Å²) in [6, 6.07) is 3.24. The number of hydrogen-bond acceptors (Lipinski definition) is 5. The highest BCUT2D eigenvalue weighted by Gasteiger charge is 2.18. The molecule has 9 heteroatoms. The minimum atomic E-state index is -0.918. The number of benzene rings is 1. The summed E-state index contributed by atoms with van der Waals surface area (Å²) in [5.74, 6) is -1.35. The second-order valence-corrected chi connectivity index (χ2v) is 4.89. The Labute approximate surface area is 128 Å². The lowest BCUT2D eigenvalue weighted by Gasteiger charge is -2.09. The number of nitrogens with zero attached hydrogens (tertiary/aromatic N) is 2. The topological polar surface area (TPSA) is 91.3 Å². The molecule has 0 saturated carbocycles. The molecule has 0 spiro atoms. The van der Waals surface area contributed by atoms with Crippen molar-refractivity contribution in [1.82, 2.24) is 4.98 Å². The molecule has 0 aliphatic carbocycles. The number of aryl methyl sites for hydroxylation is 1. The Hall–Kier alpha value is -2.12. The second kappa shape index (κ2) is 5.71. The highest BCUT2D eigenvalue weighted by Crippen LogP contribution is 2.35. The number of pyridine rings is 1. The summed E-state index contributed by atoms with van der Waals surface area (Å²) >= 11 is 11.6. The van der Waals surface area contributed by atoms with E-state index in [1.54, 1.807) is 0 Å². The first-order chi connectivity index (χ1) is 9.79. The number of ether oxygens (including phenoxy) is 1. The van der Waals surface area contributed by atoms with Crippen LogP contribution in [-0.4, -0.2) is 9.91 Å². The summed E-state index contributed by atoms with van der Waals surface area (Å²) in [5, 5.41) is 10.9. The molecule has 2 rings (SSSR count). The number of rotatable bonds is 3. The van der Waals surface area contributed by atoms with Crippen molar-refractivity contribution in [2.75, 3.05) is 5.73 Å². The molecule has 2 N–H and O–H groups in total. The van der Waals surface area contributed by atoms with Gasteiger partial charge in [0.1, 0.15) is 10.8 Å². The van der Waals surface area contributed by atoms with Crippen molar-refractivity contribution in [3.05, 3.63) is 49.7 Å². The van der Waals surface area contributed by atoms with Crippen molar-refractivity contribution < 1.29 is 14.1 Å². The van der Waals surface area contributed by atoms with Crippen LogP contribution < -0.4 is 10.5 Å². The molecule has 0 atom stereocenters. The van der Waals surface area contributed by atoms with Crippen molar-refractivity contribution in [1.29, 1.82) is 0 Å². The molecule has 21 heavy (non-hydrogen) atoms. The van der Waals surface area contributed by atoms with Crippen LogP contribution in [0.25, 0.3) is 0 Å². The summed E-state index contributed by atoms with van der Waals surface area (Å²) in [5.41, 5.74) is 5.39. The molecule has 0 aliphatic rings. The smallest absolute Gasteiger partial charge is 0.275 e. The zero-order valence-corrected chi connectivity index (χ0v) is 12.1. The molecular weight excluding hydrogens is 324 g/mol. The van der Waals surface area contributed by atoms with Crippen LogP contribution in [0, 0.1) is 22.9 Å². The molecular formula is C12H8Cl2FN3O3. The Kier molecular flexibility index (Phi) is 4.15. The molecule has 0 fully saturated rings. The Morgan fingerprint density at radius 3 is 2.62 bits per heavy atom. The number of nitro groups is 1. The highest BCUT2D eigenvalue weighted by molar-refractivity contribution is 6.36. The van der Waals surface area contributed by atoms with Gasteiger partial charge in [-0.25, -0.2) is 4.39 Å². The van der Waals surface area contributed by atoms with E-state index in [0.717, 1.165) is 6.07 Å². The van der Waals surface area contributed by atoms with E-state index in [-0.39, 0.29) is 38.7 Å². The summed E-state index contributed by atoms with van der Waals surface area (Å²) in [4.78, 5) is 13.8. The van der Waals surface area contributed by atoms with Crippen LogP contribution in [0.1, 0.15) is 5.56 Å². The number of nitrogens with two attached hydrogens (primary N) is 1. The lowest BCUT2D eigenvalue weighted by molar-refractivity contribution is -0.385. The fourth-order valence-corrected chi connectivity index (χ4v) is 1.96. The van der Waals surface area contributed by atoms with Gasteiger partial charge in [-0.05, 0) is 19.1 Å². The molecule has 0 bridgehead atoms. The van der Waals surface area contributed by atoms with Crippen molar-refractivity contribution in [3.63, 3.8) is 0 Å². The number of halogens is 3. The van der Waals surface area contributed by atoms with Crippen LogP contribution in [0.15, 0.2) is 18.2 Å². The van der Waals surface area contributed by atoms with Crippen LogP contribution >= 0.6 is 23.2 Å². The molecule has 6 nitrogen and oxygen atoms in total. The maximum Gasteiger partial charge on any atom is 0.275 e. The average molecular weight is 332 g/mol. The fourth-order valence-electron chi connectivity index (χ4n) is 1.56. The van der Waals surface area contributed by atoms with Crippen LogP contribution in [0.4, 0.5) is 15.9 Å². The quantitative estimate of drug-likeness (QED) is 0.674. The van der Waals surface area contributed by atoms with E-state index in [0.29, 0.717) is 0 Å². The minimum Gasteiger partial charge on any atom is -0.434 e. The normalized spacial score (nSPS) is 10.5. The molecule has 0 unspecified atom stereocenters. The van der Waals surface area contributed by atoms with Crippen LogP contribution in [-0.2, 0) is 0 Å². The van der Waals surface area contributed by atoms with Crippen molar-refractivity contribution in [2.45, 2.75) is 6.92 Å². The van der Waals surface area contributed by atoms with Crippen LogP contribution in [0.2, 0.25) is 10.0 Å². The van der Waals surface area contributed by atoms with Gasteiger partial charge in [0.25, 0.3) is 5.69 Å². The number of anilines is 1. The maximum atomic E-state index is 13.8. The van der Waals surface area contributed by atoms with Gasteiger partial charge in [-0.1, -0.05) is 23.2 Å². The average Bonchev–Trinajstić information content (AvgIpc) is 2.39. The zero-order chi connectivity index (χ0) is 15.7. The van der Waals surface area contributed by atoms with Gasteiger partial charge < -0.3 is 10.5 Å². The molecule has 110 valence electrons. The van der Waals surface area contributed by atoms with Crippen molar-refractivity contribution in [2.24, 2.45) is 0 Å². The molecule has 1 heterocycles. The maximum absolute atomic E-state index is 13.8. The lowest BCUT2D eigenvalue weighted by Crippen LogP contribution is -1.99. The monoisotopic (exact) mass is 331 g/mol. The third-order valence-electron chi connectivity index (χ3n) is 2.58. The Balaban J connectivity index is 2.43. The van der Waals surface area contributed by atoms with E-state index in [4.69, 9.17) is 33.7 Å². The first-order valence-electron chi connectivity index (χ1n) is 5.53. The molecule has 2 aromatic rings. The van der Waals surface area contributed by atoms with Crippen molar-refractivity contribution in [3.8, 4) is 11.6 Å². The van der Waals surface area contributed by atoms with Gasteiger partial charge in [0.05, 0.1) is 16.0 Å². The first kappa shape index (κ1) is 15.3. The molecule has 1 aromatic heterocycles.